The zero-order valence-electron chi connectivity index (χ0n) is 14.7. The maximum atomic E-state index is 5.08. The van der Waals surface area contributed by atoms with Crippen molar-refractivity contribution in [1.29, 1.82) is 0 Å². The summed E-state index contributed by atoms with van der Waals surface area (Å²) in [6.07, 6.45) is 11.6. The third-order valence-corrected chi connectivity index (χ3v) is 7.22. The maximum Gasteiger partial charge on any atom is 0.0993 e. The predicted molar refractivity (Wildman–Crippen MR) is 103 cm³/mol. The molecule has 7 rings (SSSR count). The van der Waals surface area contributed by atoms with E-state index in [0.717, 1.165) is 12.8 Å². The molecule has 2 aromatic carbocycles. The van der Waals surface area contributed by atoms with Crippen molar-refractivity contribution >= 4 is 0 Å². The lowest BCUT2D eigenvalue weighted by atomic mass is 9.41. The van der Waals surface area contributed by atoms with Crippen LogP contribution in [0.5, 0.6) is 0 Å². The predicted octanol–water partition coefficient (Wildman–Crippen LogP) is 5.03. The van der Waals surface area contributed by atoms with Crippen LogP contribution in [0.1, 0.15) is 11.1 Å². The molecule has 0 saturated heterocycles. The standard InChI is InChI=1S/C24H22N2/c1-3-7-17(8-4-1)15-23-19-11-13-21(19)24(26-25-23,22-14-12-20(22)23)16-18-9-5-2-6-10-18/h1-14,19-22H,15-16H2/t19-,20-,21-,22+,23?,24?/m1/s1. The van der Waals surface area contributed by atoms with Crippen LogP contribution in [0.25, 0.3) is 0 Å². The Kier molecular flexibility index (Phi) is 2.84. The van der Waals surface area contributed by atoms with Gasteiger partial charge >= 0.3 is 0 Å². The van der Waals surface area contributed by atoms with E-state index in [1.807, 2.05) is 0 Å². The Balaban J connectivity index is 1.44. The first-order valence-corrected chi connectivity index (χ1v) is 9.70. The van der Waals surface area contributed by atoms with Gasteiger partial charge in [-0.05, 0) is 11.1 Å². The SMILES string of the molecule is C1=C[C@@H]2[C@@H]1C1(Cc3ccccc3)N=NC2(Cc2ccccc2)[C@H]2C=C[C@H]21. The van der Waals surface area contributed by atoms with Gasteiger partial charge in [0.25, 0.3) is 0 Å². The minimum atomic E-state index is -0.0708. The van der Waals surface area contributed by atoms with Gasteiger partial charge in [0.15, 0.2) is 0 Å². The van der Waals surface area contributed by atoms with Crippen molar-refractivity contribution in [2.24, 2.45) is 33.9 Å². The first-order valence-electron chi connectivity index (χ1n) is 9.70. The van der Waals surface area contributed by atoms with Gasteiger partial charge in [-0.2, -0.15) is 10.2 Å². The number of benzene rings is 2. The van der Waals surface area contributed by atoms with Crippen LogP contribution in [0.2, 0.25) is 0 Å². The average Bonchev–Trinajstić information content (AvgIpc) is 2.58. The van der Waals surface area contributed by atoms with Crippen molar-refractivity contribution in [3.05, 3.63) is 96.1 Å². The Bertz CT molecular complexity index is 824. The summed E-state index contributed by atoms with van der Waals surface area (Å²) in [4.78, 5) is 0. The van der Waals surface area contributed by atoms with Crippen LogP contribution < -0.4 is 0 Å². The summed E-state index contributed by atoms with van der Waals surface area (Å²) in [6.45, 7) is 0. The van der Waals surface area contributed by atoms with Gasteiger partial charge in [0.05, 0.1) is 11.1 Å². The highest BCUT2D eigenvalue weighted by Gasteiger charge is 2.70. The molecule has 1 saturated carbocycles. The Morgan fingerprint density at radius 1 is 0.538 bits per heavy atom. The van der Waals surface area contributed by atoms with E-state index >= 15 is 0 Å². The number of rotatable bonds is 4. The van der Waals surface area contributed by atoms with Crippen molar-refractivity contribution in [2.75, 3.05) is 0 Å². The second-order valence-corrected chi connectivity index (χ2v) is 8.38. The minimum absolute atomic E-state index is 0.0708. The van der Waals surface area contributed by atoms with Crippen molar-refractivity contribution in [2.45, 2.75) is 23.9 Å². The molecule has 5 aliphatic rings. The van der Waals surface area contributed by atoms with Gasteiger partial charge in [-0.1, -0.05) is 85.0 Å². The zero-order valence-corrected chi connectivity index (χ0v) is 14.7. The molecule has 3 aliphatic carbocycles. The molecular weight excluding hydrogens is 316 g/mol. The van der Waals surface area contributed by atoms with Crippen molar-refractivity contribution in [1.82, 2.24) is 0 Å². The Labute approximate surface area is 154 Å². The molecule has 0 amide bonds. The molecule has 2 heteroatoms. The van der Waals surface area contributed by atoms with Crippen molar-refractivity contribution < 1.29 is 0 Å². The van der Waals surface area contributed by atoms with E-state index < -0.39 is 0 Å². The van der Waals surface area contributed by atoms with Gasteiger partial charge < -0.3 is 0 Å². The summed E-state index contributed by atoms with van der Waals surface area (Å²) in [5.41, 5.74) is 2.61. The highest BCUT2D eigenvalue weighted by atomic mass is 15.3. The van der Waals surface area contributed by atoms with Crippen LogP contribution in [-0.4, -0.2) is 11.1 Å². The smallest absolute Gasteiger partial charge is 0.0993 e. The highest BCUT2D eigenvalue weighted by Crippen LogP contribution is 2.66. The molecule has 26 heavy (non-hydrogen) atoms. The highest BCUT2D eigenvalue weighted by molar-refractivity contribution is 5.43. The molecule has 1 fully saturated rings. The van der Waals surface area contributed by atoms with Crippen molar-refractivity contribution in [3.63, 3.8) is 0 Å². The Morgan fingerprint density at radius 2 is 0.885 bits per heavy atom. The van der Waals surface area contributed by atoms with Crippen LogP contribution >= 0.6 is 0 Å². The first kappa shape index (κ1) is 14.7. The van der Waals surface area contributed by atoms with Gasteiger partial charge in [-0.25, -0.2) is 0 Å². The number of nitrogens with zero attached hydrogens (tertiary/aromatic N) is 2. The molecule has 2 bridgehead atoms. The van der Waals surface area contributed by atoms with E-state index in [-0.39, 0.29) is 11.1 Å². The third kappa shape index (κ3) is 1.72. The first-order chi connectivity index (χ1) is 12.8. The van der Waals surface area contributed by atoms with E-state index in [1.54, 1.807) is 0 Å². The fourth-order valence-corrected chi connectivity index (χ4v) is 5.86. The lowest BCUT2D eigenvalue weighted by molar-refractivity contribution is -0.0482. The fourth-order valence-electron chi connectivity index (χ4n) is 5.86. The molecule has 2 heterocycles. The van der Waals surface area contributed by atoms with Crippen LogP contribution in [0.3, 0.4) is 0 Å². The largest absolute Gasteiger partial charge is 0.185 e. The lowest BCUT2D eigenvalue weighted by Gasteiger charge is -2.66. The van der Waals surface area contributed by atoms with Gasteiger partial charge in [-0.15, -0.1) is 0 Å². The van der Waals surface area contributed by atoms with Gasteiger partial charge in [0.2, 0.25) is 0 Å². The van der Waals surface area contributed by atoms with Gasteiger partial charge in [0, 0.05) is 36.5 Å². The Hall–Kier alpha value is -2.48. The molecule has 0 spiro atoms. The van der Waals surface area contributed by atoms with E-state index in [1.165, 1.54) is 11.1 Å². The lowest BCUT2D eigenvalue weighted by Crippen LogP contribution is -2.71. The van der Waals surface area contributed by atoms with Crippen LogP contribution in [0.4, 0.5) is 0 Å². The quantitative estimate of drug-likeness (QED) is 0.698. The second kappa shape index (κ2) is 5.03. The molecule has 0 aromatic heterocycles. The summed E-state index contributed by atoms with van der Waals surface area (Å²) in [5, 5.41) is 10.2. The topological polar surface area (TPSA) is 24.7 Å². The molecule has 2 unspecified atom stereocenters. The normalized spacial score (nSPS) is 40.5. The number of hydrogen-bond acceptors (Lipinski definition) is 2. The summed E-state index contributed by atoms with van der Waals surface area (Å²) in [7, 11) is 0. The molecular formula is C24H22N2. The van der Waals surface area contributed by atoms with Crippen LogP contribution in [0.15, 0.2) is 95.2 Å². The van der Waals surface area contributed by atoms with Gasteiger partial charge in [0.1, 0.15) is 0 Å². The molecule has 0 radical (unpaired) electrons. The number of hydrogen-bond donors (Lipinski definition) is 0. The van der Waals surface area contributed by atoms with E-state index in [4.69, 9.17) is 10.2 Å². The molecule has 2 nitrogen and oxygen atoms in total. The van der Waals surface area contributed by atoms with E-state index in [9.17, 15) is 0 Å². The molecule has 128 valence electrons. The summed E-state index contributed by atoms with van der Waals surface area (Å²) < 4.78 is 0. The fraction of sp³-hybridized carbons (Fsp3) is 0.333. The maximum absolute atomic E-state index is 5.08. The summed E-state index contributed by atoms with van der Waals surface area (Å²) in [5.74, 6) is 2.09. The van der Waals surface area contributed by atoms with E-state index in [2.05, 4.69) is 85.0 Å². The molecule has 0 N–H and O–H groups in total. The molecule has 2 aromatic rings. The summed E-state index contributed by atoms with van der Waals surface area (Å²) >= 11 is 0. The summed E-state index contributed by atoms with van der Waals surface area (Å²) in [6, 6.07) is 21.7. The average molecular weight is 338 g/mol. The van der Waals surface area contributed by atoms with Gasteiger partial charge in [-0.3, -0.25) is 0 Å². The van der Waals surface area contributed by atoms with E-state index in [0.29, 0.717) is 23.7 Å². The van der Waals surface area contributed by atoms with Crippen LogP contribution in [-0.2, 0) is 12.8 Å². The van der Waals surface area contributed by atoms with Crippen LogP contribution in [0, 0.1) is 23.7 Å². The van der Waals surface area contributed by atoms with Crippen molar-refractivity contribution in [3.8, 4) is 0 Å². The third-order valence-electron chi connectivity index (χ3n) is 7.22. The molecule has 6 atom stereocenters. The minimum Gasteiger partial charge on any atom is -0.185 e. The molecule has 2 aliphatic heterocycles. The monoisotopic (exact) mass is 338 g/mol. The number of azo groups is 1. The Morgan fingerprint density at radius 3 is 1.19 bits per heavy atom. The zero-order chi connectivity index (χ0) is 17.2. The second-order valence-electron chi connectivity index (χ2n) is 8.38.